The van der Waals surface area contributed by atoms with Gasteiger partial charge in [-0.3, -0.25) is 14.5 Å². The molecule has 2 aliphatic rings. The first kappa shape index (κ1) is 25.6. The van der Waals surface area contributed by atoms with Crippen molar-refractivity contribution in [1.29, 1.82) is 0 Å². The second-order valence-corrected chi connectivity index (χ2v) is 9.99. The molecule has 1 aromatic carbocycles. The number of piperidine rings is 2. The van der Waals surface area contributed by atoms with Crippen LogP contribution in [0.5, 0.6) is 5.75 Å². The number of anilines is 1. The maximum absolute atomic E-state index is 13.1. The summed E-state index contributed by atoms with van der Waals surface area (Å²) < 4.78 is 5.80. The Morgan fingerprint density at radius 2 is 1.82 bits per heavy atom. The average Bonchev–Trinajstić information content (AvgIpc) is 2.77. The topological polar surface area (TPSA) is 99.9 Å². The summed E-state index contributed by atoms with van der Waals surface area (Å²) in [6, 6.07) is 3.11. The highest BCUT2D eigenvalue weighted by molar-refractivity contribution is 6.33. The van der Waals surface area contributed by atoms with E-state index < -0.39 is 0 Å². The Bertz CT molecular complexity index is 834. The van der Waals surface area contributed by atoms with Crippen LogP contribution in [-0.4, -0.2) is 80.1 Å². The van der Waals surface area contributed by atoms with Gasteiger partial charge in [0.2, 0.25) is 5.91 Å². The number of hydrogen-bond acceptors (Lipinski definition) is 6. The Morgan fingerprint density at radius 1 is 1.18 bits per heavy atom. The fraction of sp³-hybridized carbons (Fsp3) is 0.667. The van der Waals surface area contributed by atoms with Crippen LogP contribution in [0.25, 0.3) is 0 Å². The summed E-state index contributed by atoms with van der Waals surface area (Å²) in [5.74, 6) is 0.756. The zero-order chi connectivity index (χ0) is 24.1. The van der Waals surface area contributed by atoms with Gasteiger partial charge in [0.05, 0.1) is 28.4 Å². The Morgan fingerprint density at radius 3 is 2.39 bits per heavy atom. The van der Waals surface area contributed by atoms with Gasteiger partial charge in [0.1, 0.15) is 5.75 Å². The molecule has 0 aromatic heterocycles. The van der Waals surface area contributed by atoms with Gasteiger partial charge in [-0.05, 0) is 64.6 Å². The smallest absolute Gasteiger partial charge is 0.255 e. The van der Waals surface area contributed by atoms with E-state index in [1.807, 2.05) is 27.9 Å². The predicted octanol–water partition coefficient (Wildman–Crippen LogP) is 2.36. The summed E-state index contributed by atoms with van der Waals surface area (Å²) in [7, 11) is 3.66. The molecule has 3 rings (SSSR count). The van der Waals surface area contributed by atoms with Gasteiger partial charge in [0.25, 0.3) is 5.91 Å². The molecule has 33 heavy (non-hydrogen) atoms. The Hall–Kier alpha value is -2.03. The molecule has 4 N–H and O–H groups in total. The number of carbonyl (C=O) groups excluding carboxylic acids is 2. The highest BCUT2D eigenvalue weighted by Crippen LogP contribution is 2.30. The molecular formula is C24H38ClN5O3. The van der Waals surface area contributed by atoms with Crippen molar-refractivity contribution >= 4 is 29.1 Å². The molecule has 1 aromatic rings. The molecule has 9 heteroatoms. The van der Waals surface area contributed by atoms with Gasteiger partial charge in [-0.15, -0.1) is 0 Å². The number of amides is 2. The number of hydrogen-bond donors (Lipinski definition) is 3. The van der Waals surface area contributed by atoms with Crippen molar-refractivity contribution in [1.82, 2.24) is 20.4 Å². The van der Waals surface area contributed by atoms with Crippen molar-refractivity contribution in [2.45, 2.75) is 57.7 Å². The number of ether oxygens (including phenoxy) is 1. The lowest BCUT2D eigenvalue weighted by atomic mass is 9.87. The van der Waals surface area contributed by atoms with Gasteiger partial charge in [-0.25, -0.2) is 0 Å². The molecular weight excluding hydrogens is 442 g/mol. The Labute approximate surface area is 202 Å². The van der Waals surface area contributed by atoms with E-state index in [2.05, 4.69) is 15.5 Å². The van der Waals surface area contributed by atoms with E-state index in [9.17, 15) is 9.59 Å². The lowest BCUT2D eigenvalue weighted by molar-refractivity contribution is -0.137. The summed E-state index contributed by atoms with van der Waals surface area (Å²) in [5.41, 5.74) is 6.69. The number of nitrogens with two attached hydrogens (primary N) is 1. The molecule has 8 nitrogen and oxygen atoms in total. The molecule has 0 bridgehead atoms. The molecule has 2 saturated heterocycles. The third-order valence-electron chi connectivity index (χ3n) is 6.49. The van der Waals surface area contributed by atoms with E-state index in [1.54, 1.807) is 17.0 Å². The standard InChI is InChI=1S/C24H38ClN5O3/c1-15(2)33-21-14-20(26)19(25)13-18(21)23(31)28-17-7-11-30(12-8-17)22(24(32)29(3)4)16-5-9-27-10-6-16/h13-17,22,27H,5-12,26H2,1-4H3,(H,28,31). The second-order valence-electron chi connectivity index (χ2n) is 9.59. The van der Waals surface area contributed by atoms with Gasteiger partial charge >= 0.3 is 0 Å². The quantitative estimate of drug-likeness (QED) is 0.519. The number of benzene rings is 1. The van der Waals surface area contributed by atoms with E-state index in [-0.39, 0.29) is 30.0 Å². The maximum Gasteiger partial charge on any atom is 0.255 e. The van der Waals surface area contributed by atoms with Crippen molar-refractivity contribution in [2.75, 3.05) is 46.0 Å². The molecule has 1 unspecified atom stereocenters. The number of carbonyl (C=O) groups is 2. The molecule has 0 radical (unpaired) electrons. The molecule has 2 amide bonds. The predicted molar refractivity (Wildman–Crippen MR) is 132 cm³/mol. The summed E-state index contributed by atoms with van der Waals surface area (Å²) >= 11 is 6.18. The van der Waals surface area contributed by atoms with Gasteiger partial charge in [-0.1, -0.05) is 11.6 Å². The van der Waals surface area contributed by atoms with E-state index in [4.69, 9.17) is 22.1 Å². The van der Waals surface area contributed by atoms with E-state index in [0.29, 0.717) is 27.9 Å². The summed E-state index contributed by atoms with van der Waals surface area (Å²) in [6.07, 6.45) is 3.50. The maximum atomic E-state index is 13.1. The Kier molecular flexibility index (Phi) is 8.84. The lowest BCUT2D eigenvalue weighted by Gasteiger charge is -2.42. The number of nitrogen functional groups attached to an aromatic ring is 1. The van der Waals surface area contributed by atoms with Crippen molar-refractivity contribution in [2.24, 2.45) is 5.92 Å². The van der Waals surface area contributed by atoms with Crippen LogP contribution in [0.1, 0.15) is 49.9 Å². The normalized spacial score (nSPS) is 19.3. The van der Waals surface area contributed by atoms with Crippen LogP contribution >= 0.6 is 11.6 Å². The minimum atomic E-state index is -0.217. The van der Waals surface area contributed by atoms with E-state index in [0.717, 1.165) is 51.9 Å². The van der Waals surface area contributed by atoms with Crippen LogP contribution in [0.3, 0.4) is 0 Å². The average molecular weight is 480 g/mol. The molecule has 2 aliphatic heterocycles. The number of rotatable bonds is 7. The number of halogens is 1. The highest BCUT2D eigenvalue weighted by atomic mass is 35.5. The molecule has 0 aliphatic carbocycles. The third-order valence-corrected chi connectivity index (χ3v) is 6.82. The van der Waals surface area contributed by atoms with Crippen LogP contribution < -0.4 is 21.1 Å². The number of nitrogens with zero attached hydrogens (tertiary/aromatic N) is 2. The molecule has 2 fully saturated rings. The molecule has 0 saturated carbocycles. The summed E-state index contributed by atoms with van der Waals surface area (Å²) in [6.45, 7) is 7.26. The number of likely N-dealkylation sites (N-methyl/N-ethyl adjacent to an activating group) is 1. The minimum absolute atomic E-state index is 0.0279. The summed E-state index contributed by atoms with van der Waals surface area (Å²) in [4.78, 5) is 30.1. The molecule has 184 valence electrons. The zero-order valence-electron chi connectivity index (χ0n) is 20.2. The zero-order valence-corrected chi connectivity index (χ0v) is 21.0. The first-order valence-electron chi connectivity index (χ1n) is 11.9. The molecule has 0 spiro atoms. The van der Waals surface area contributed by atoms with Crippen molar-refractivity contribution in [3.63, 3.8) is 0 Å². The van der Waals surface area contributed by atoms with Crippen LogP contribution in [0.4, 0.5) is 5.69 Å². The van der Waals surface area contributed by atoms with Crippen LogP contribution in [0.2, 0.25) is 5.02 Å². The largest absolute Gasteiger partial charge is 0.490 e. The lowest BCUT2D eigenvalue weighted by Crippen LogP contribution is -2.56. The fourth-order valence-electron chi connectivity index (χ4n) is 4.76. The van der Waals surface area contributed by atoms with Crippen LogP contribution in [0, 0.1) is 5.92 Å². The van der Waals surface area contributed by atoms with Gasteiger partial charge < -0.3 is 26.0 Å². The second kappa shape index (κ2) is 11.4. The molecule has 2 heterocycles. The van der Waals surface area contributed by atoms with E-state index in [1.165, 1.54) is 0 Å². The monoisotopic (exact) mass is 479 g/mol. The van der Waals surface area contributed by atoms with Crippen molar-refractivity contribution < 1.29 is 14.3 Å². The van der Waals surface area contributed by atoms with Crippen LogP contribution in [0.15, 0.2) is 12.1 Å². The van der Waals surface area contributed by atoms with Gasteiger partial charge in [-0.2, -0.15) is 0 Å². The van der Waals surface area contributed by atoms with Gasteiger partial charge in [0.15, 0.2) is 0 Å². The third kappa shape index (κ3) is 6.52. The van der Waals surface area contributed by atoms with Crippen molar-refractivity contribution in [3.8, 4) is 5.75 Å². The first-order valence-corrected chi connectivity index (χ1v) is 12.3. The fourth-order valence-corrected chi connectivity index (χ4v) is 4.93. The van der Waals surface area contributed by atoms with E-state index >= 15 is 0 Å². The number of nitrogens with one attached hydrogen (secondary N) is 2. The Balaban J connectivity index is 1.65. The minimum Gasteiger partial charge on any atom is -0.490 e. The van der Waals surface area contributed by atoms with Crippen molar-refractivity contribution in [3.05, 3.63) is 22.7 Å². The SMILES string of the molecule is CC(C)Oc1cc(N)c(Cl)cc1C(=O)NC1CCN(C(C(=O)N(C)C)C2CCNCC2)CC1. The first-order chi connectivity index (χ1) is 15.7. The van der Waals surface area contributed by atoms with Crippen LogP contribution in [-0.2, 0) is 4.79 Å². The highest BCUT2D eigenvalue weighted by Gasteiger charge is 2.37. The number of likely N-dealkylation sites (tertiary alicyclic amines) is 1. The van der Waals surface area contributed by atoms with Gasteiger partial charge in [0, 0.05) is 39.3 Å². The summed E-state index contributed by atoms with van der Waals surface area (Å²) in [5, 5.41) is 6.86. The molecule has 1 atom stereocenters.